The highest BCUT2D eigenvalue weighted by Crippen LogP contribution is 2.26. The molecule has 0 unspecified atom stereocenters. The summed E-state index contributed by atoms with van der Waals surface area (Å²) in [5, 5.41) is 13.1. The first-order valence-corrected chi connectivity index (χ1v) is 14.1. The van der Waals surface area contributed by atoms with E-state index in [-0.39, 0.29) is 23.6 Å². The summed E-state index contributed by atoms with van der Waals surface area (Å²) in [6.45, 7) is 2.19. The maximum Gasteiger partial charge on any atom is 0.280 e. The molecule has 2 aliphatic rings. The van der Waals surface area contributed by atoms with Crippen molar-refractivity contribution < 1.29 is 14.7 Å². The van der Waals surface area contributed by atoms with E-state index in [0.29, 0.717) is 11.6 Å². The maximum absolute atomic E-state index is 13.3. The Hall–Kier alpha value is -4.12. The fourth-order valence-electron chi connectivity index (χ4n) is 5.94. The van der Waals surface area contributed by atoms with Crippen LogP contribution in [0, 0.1) is 0 Å². The van der Waals surface area contributed by atoms with E-state index in [9.17, 15) is 14.7 Å². The molecule has 3 N–H and O–H groups in total. The van der Waals surface area contributed by atoms with E-state index in [1.807, 2.05) is 18.2 Å². The quantitative estimate of drug-likeness (QED) is 0.270. The number of carbonyl (C=O) groups is 1. The minimum atomic E-state index is -0.631. The molecule has 3 heterocycles. The SMILES string of the molecule is CONC(=O)c1cn(-c2ccc3c(c2)CCC3)c2nc(Nc3ccc(CCN4CCC[C@@H]4CO)cc3)ncc2c1=O. The van der Waals surface area contributed by atoms with Gasteiger partial charge in [0.2, 0.25) is 11.4 Å². The van der Waals surface area contributed by atoms with Gasteiger partial charge in [-0.3, -0.25) is 19.3 Å². The number of pyridine rings is 1. The van der Waals surface area contributed by atoms with Crippen LogP contribution in [0.2, 0.25) is 0 Å². The number of aliphatic hydroxyl groups excluding tert-OH is 1. The van der Waals surface area contributed by atoms with Gasteiger partial charge in [0.15, 0.2) is 5.65 Å². The normalized spacial score (nSPS) is 16.7. The van der Waals surface area contributed by atoms with Gasteiger partial charge in [0.1, 0.15) is 5.56 Å². The first kappa shape index (κ1) is 27.1. The Bertz CT molecular complexity index is 1630. The van der Waals surface area contributed by atoms with Crippen molar-refractivity contribution in [3.63, 3.8) is 0 Å². The summed E-state index contributed by atoms with van der Waals surface area (Å²) in [6.07, 6.45) is 9.26. The van der Waals surface area contributed by atoms with Crippen molar-refractivity contribution in [2.75, 3.05) is 32.1 Å². The second kappa shape index (κ2) is 11.8. The number of likely N-dealkylation sites (tertiary alicyclic amines) is 1. The van der Waals surface area contributed by atoms with Crippen LogP contribution < -0.4 is 16.2 Å². The molecule has 1 aliphatic carbocycles. The monoisotopic (exact) mass is 554 g/mol. The van der Waals surface area contributed by atoms with Crippen LogP contribution >= 0.6 is 0 Å². The van der Waals surface area contributed by atoms with Crippen LogP contribution in [0.15, 0.2) is 59.7 Å². The number of hydrogen-bond donors (Lipinski definition) is 3. The van der Waals surface area contributed by atoms with Crippen LogP contribution in [0.25, 0.3) is 16.7 Å². The van der Waals surface area contributed by atoms with E-state index >= 15 is 0 Å². The number of anilines is 2. The molecule has 0 radical (unpaired) electrons. The maximum atomic E-state index is 13.3. The average molecular weight is 555 g/mol. The number of nitrogens with zero attached hydrogens (tertiary/aromatic N) is 4. The number of carbonyl (C=O) groups excluding carboxylic acids is 1. The fourth-order valence-corrected chi connectivity index (χ4v) is 5.94. The van der Waals surface area contributed by atoms with Gasteiger partial charge in [-0.05, 0) is 86.0 Å². The van der Waals surface area contributed by atoms with E-state index in [2.05, 4.69) is 44.9 Å². The number of hydrogen-bond acceptors (Lipinski definition) is 8. The van der Waals surface area contributed by atoms with Gasteiger partial charge in [0.05, 0.1) is 19.1 Å². The van der Waals surface area contributed by atoms with Crippen LogP contribution in [-0.4, -0.2) is 63.3 Å². The van der Waals surface area contributed by atoms with Crippen molar-refractivity contribution in [2.45, 2.75) is 44.6 Å². The predicted octanol–water partition coefficient (Wildman–Crippen LogP) is 3.30. The number of aryl methyl sites for hydroxylation is 2. The summed E-state index contributed by atoms with van der Waals surface area (Å²) in [5.74, 6) is -0.287. The molecule has 1 fully saturated rings. The van der Waals surface area contributed by atoms with Crippen LogP contribution in [0.5, 0.6) is 0 Å². The van der Waals surface area contributed by atoms with Crippen molar-refractivity contribution in [1.82, 2.24) is 24.9 Å². The number of fused-ring (bicyclic) bond motifs is 2. The third-order valence-electron chi connectivity index (χ3n) is 8.15. The minimum absolute atomic E-state index is 0.0565. The zero-order chi connectivity index (χ0) is 28.3. The highest BCUT2D eigenvalue weighted by molar-refractivity contribution is 5.96. The van der Waals surface area contributed by atoms with Crippen LogP contribution in [0.4, 0.5) is 11.6 Å². The van der Waals surface area contributed by atoms with Crippen molar-refractivity contribution in [3.05, 3.63) is 87.3 Å². The van der Waals surface area contributed by atoms with Crippen LogP contribution in [-0.2, 0) is 24.1 Å². The standard InChI is InChI=1S/C31H34N6O4/c1-41-35-30(40)27-18-37(24-12-9-21-4-2-5-22(21)16-24)29-26(28(27)39)17-32-31(34-29)33-23-10-7-20(8-11-23)13-15-36-14-3-6-25(36)19-38/h7-12,16-18,25,38H,2-6,13-15,19H2,1H3,(H,35,40)(H,32,33,34)/t25-/m1/s1. The van der Waals surface area contributed by atoms with Gasteiger partial charge >= 0.3 is 0 Å². The molecule has 1 saturated heterocycles. The number of aromatic nitrogens is 3. The van der Waals surface area contributed by atoms with Gasteiger partial charge in [-0.25, -0.2) is 10.5 Å². The number of rotatable bonds is 9. The van der Waals surface area contributed by atoms with Crippen molar-refractivity contribution in [1.29, 1.82) is 0 Å². The van der Waals surface area contributed by atoms with Crippen molar-refractivity contribution in [3.8, 4) is 5.69 Å². The van der Waals surface area contributed by atoms with Crippen LogP contribution in [0.3, 0.4) is 0 Å². The van der Waals surface area contributed by atoms with Gasteiger partial charge in [-0.15, -0.1) is 0 Å². The Kier molecular flexibility index (Phi) is 7.78. The number of aliphatic hydroxyl groups is 1. The molecule has 0 saturated carbocycles. The molecule has 6 rings (SSSR count). The van der Waals surface area contributed by atoms with E-state index in [4.69, 9.17) is 9.82 Å². The lowest BCUT2D eigenvalue weighted by molar-refractivity contribution is 0.0536. The van der Waals surface area contributed by atoms with Crippen molar-refractivity contribution >= 4 is 28.6 Å². The van der Waals surface area contributed by atoms with E-state index in [1.165, 1.54) is 36.2 Å². The summed E-state index contributed by atoms with van der Waals surface area (Å²) in [7, 11) is 1.33. The lowest BCUT2D eigenvalue weighted by atomic mass is 10.1. The number of benzene rings is 2. The molecule has 1 atom stereocenters. The first-order valence-electron chi connectivity index (χ1n) is 14.1. The Morgan fingerprint density at radius 3 is 2.76 bits per heavy atom. The highest BCUT2D eigenvalue weighted by atomic mass is 16.6. The third-order valence-corrected chi connectivity index (χ3v) is 8.15. The molecule has 1 amide bonds. The molecule has 2 aromatic carbocycles. The first-order chi connectivity index (χ1) is 20.0. The van der Waals surface area contributed by atoms with Gasteiger partial charge in [0.25, 0.3) is 5.91 Å². The predicted molar refractivity (Wildman–Crippen MR) is 157 cm³/mol. The molecule has 0 spiro atoms. The fraction of sp³-hybridized carbons (Fsp3) is 0.355. The third kappa shape index (κ3) is 5.58. The number of amides is 1. The van der Waals surface area contributed by atoms with Gasteiger partial charge in [-0.1, -0.05) is 18.2 Å². The summed E-state index contributed by atoms with van der Waals surface area (Å²) >= 11 is 0. The molecule has 4 aromatic rings. The smallest absolute Gasteiger partial charge is 0.280 e. The lowest BCUT2D eigenvalue weighted by Gasteiger charge is -2.22. The lowest BCUT2D eigenvalue weighted by Crippen LogP contribution is -2.33. The molecular weight excluding hydrogens is 520 g/mol. The van der Waals surface area contributed by atoms with Gasteiger partial charge < -0.3 is 15.0 Å². The second-order valence-electron chi connectivity index (χ2n) is 10.7. The minimum Gasteiger partial charge on any atom is -0.395 e. The molecule has 1 aliphatic heterocycles. The second-order valence-corrected chi connectivity index (χ2v) is 10.7. The Labute approximate surface area is 238 Å². The molecular formula is C31H34N6O4. The Morgan fingerprint density at radius 2 is 1.95 bits per heavy atom. The molecule has 10 heteroatoms. The number of nitrogens with one attached hydrogen (secondary N) is 2. The molecule has 10 nitrogen and oxygen atoms in total. The van der Waals surface area contributed by atoms with E-state index < -0.39 is 11.3 Å². The highest BCUT2D eigenvalue weighted by Gasteiger charge is 2.23. The zero-order valence-corrected chi connectivity index (χ0v) is 23.1. The van der Waals surface area contributed by atoms with E-state index in [1.54, 1.807) is 4.57 Å². The summed E-state index contributed by atoms with van der Waals surface area (Å²) < 4.78 is 1.77. The van der Waals surface area contributed by atoms with Crippen LogP contribution in [0.1, 0.15) is 46.3 Å². The average Bonchev–Trinajstić information content (AvgIpc) is 3.66. The van der Waals surface area contributed by atoms with E-state index in [0.717, 1.165) is 63.0 Å². The largest absolute Gasteiger partial charge is 0.395 e. The summed E-state index contributed by atoms with van der Waals surface area (Å²) in [4.78, 5) is 42.2. The van der Waals surface area contributed by atoms with Crippen molar-refractivity contribution in [2.24, 2.45) is 0 Å². The molecule has 41 heavy (non-hydrogen) atoms. The Morgan fingerprint density at radius 1 is 1.12 bits per heavy atom. The summed E-state index contributed by atoms with van der Waals surface area (Å²) in [5.41, 5.74) is 7.57. The topological polar surface area (TPSA) is 122 Å². The molecule has 2 aromatic heterocycles. The molecule has 0 bridgehead atoms. The van der Waals surface area contributed by atoms with Gasteiger partial charge in [0, 0.05) is 36.4 Å². The zero-order valence-electron chi connectivity index (χ0n) is 23.1. The summed E-state index contributed by atoms with van der Waals surface area (Å²) in [6, 6.07) is 14.6. The Balaban J connectivity index is 1.29. The number of hydroxylamine groups is 1. The van der Waals surface area contributed by atoms with Gasteiger partial charge in [-0.2, -0.15) is 4.98 Å². The molecule has 212 valence electrons.